The molecule has 1 aliphatic heterocycles. The fourth-order valence-electron chi connectivity index (χ4n) is 2.05. The maximum atomic E-state index is 12.2. The van der Waals surface area contributed by atoms with Crippen LogP contribution in [-0.4, -0.2) is 35.4 Å². The number of hydrogen-bond acceptors (Lipinski definition) is 3. The number of carbonyl (C=O) groups excluding carboxylic acids is 1. The van der Waals surface area contributed by atoms with Crippen molar-refractivity contribution < 1.29 is 9.36 Å². The molecule has 0 saturated carbocycles. The van der Waals surface area contributed by atoms with E-state index in [1.165, 1.54) is 15.6 Å². The molecular formula is C12H19N2OS2+. The van der Waals surface area contributed by atoms with E-state index >= 15 is 0 Å². The minimum Gasteiger partial charge on any atom is -0.336 e. The second kappa shape index (κ2) is 5.40. The standard InChI is InChI=1S/C12H19N2OS2/c1-9-10(2)17-11(3)14(9)8-12(15)13-4-6-16-7-5-13/h4-8H2,1-3H3/q+1. The third kappa shape index (κ3) is 2.83. The topological polar surface area (TPSA) is 24.2 Å². The maximum Gasteiger partial charge on any atom is 0.288 e. The number of carbonyl (C=O) groups is 1. The number of thiazole rings is 1. The van der Waals surface area contributed by atoms with E-state index in [4.69, 9.17) is 0 Å². The molecule has 0 aromatic carbocycles. The van der Waals surface area contributed by atoms with E-state index in [0.29, 0.717) is 6.54 Å². The van der Waals surface area contributed by atoms with Crippen molar-refractivity contribution in [2.75, 3.05) is 24.6 Å². The number of thioether (sulfide) groups is 1. The van der Waals surface area contributed by atoms with Crippen LogP contribution >= 0.6 is 23.1 Å². The Kier molecular flexibility index (Phi) is 4.09. The van der Waals surface area contributed by atoms with Crippen molar-refractivity contribution in [3.63, 3.8) is 0 Å². The molecule has 1 aromatic heterocycles. The Morgan fingerprint density at radius 1 is 1.29 bits per heavy atom. The van der Waals surface area contributed by atoms with Crippen molar-refractivity contribution in [3.05, 3.63) is 15.6 Å². The Bertz CT molecular complexity index is 422. The lowest BCUT2D eigenvalue weighted by Gasteiger charge is -2.25. The molecule has 3 nitrogen and oxygen atoms in total. The summed E-state index contributed by atoms with van der Waals surface area (Å²) in [7, 11) is 0. The summed E-state index contributed by atoms with van der Waals surface area (Å²) in [6.07, 6.45) is 0. The molecule has 0 aliphatic carbocycles. The molecule has 1 aromatic rings. The molecular weight excluding hydrogens is 252 g/mol. The Labute approximate surface area is 111 Å². The zero-order valence-corrected chi connectivity index (χ0v) is 12.3. The van der Waals surface area contributed by atoms with Crippen LogP contribution < -0.4 is 4.57 Å². The van der Waals surface area contributed by atoms with Crippen LogP contribution in [0.5, 0.6) is 0 Å². The Hall–Kier alpha value is -0.550. The molecule has 0 atom stereocenters. The Morgan fingerprint density at radius 3 is 2.47 bits per heavy atom. The van der Waals surface area contributed by atoms with E-state index in [2.05, 4.69) is 25.3 Å². The smallest absolute Gasteiger partial charge is 0.288 e. The van der Waals surface area contributed by atoms with Crippen LogP contribution in [0.4, 0.5) is 0 Å². The van der Waals surface area contributed by atoms with Crippen molar-refractivity contribution in [3.8, 4) is 0 Å². The van der Waals surface area contributed by atoms with E-state index in [1.54, 1.807) is 11.3 Å². The quantitative estimate of drug-likeness (QED) is 0.762. The largest absolute Gasteiger partial charge is 0.336 e. The van der Waals surface area contributed by atoms with Gasteiger partial charge in [0.2, 0.25) is 11.6 Å². The van der Waals surface area contributed by atoms with Crippen LogP contribution in [-0.2, 0) is 11.3 Å². The lowest BCUT2D eigenvalue weighted by atomic mass is 10.3. The molecule has 0 spiro atoms. The van der Waals surface area contributed by atoms with Crippen molar-refractivity contribution in [1.82, 2.24) is 4.90 Å². The Morgan fingerprint density at radius 2 is 1.94 bits per heavy atom. The molecule has 5 heteroatoms. The van der Waals surface area contributed by atoms with Gasteiger partial charge in [-0.15, -0.1) is 0 Å². The summed E-state index contributed by atoms with van der Waals surface area (Å²) in [4.78, 5) is 15.5. The zero-order valence-electron chi connectivity index (χ0n) is 10.7. The second-order valence-electron chi connectivity index (χ2n) is 4.34. The van der Waals surface area contributed by atoms with Crippen molar-refractivity contribution >= 4 is 29.0 Å². The van der Waals surface area contributed by atoms with E-state index in [-0.39, 0.29) is 5.91 Å². The van der Waals surface area contributed by atoms with Crippen LogP contribution in [0.25, 0.3) is 0 Å². The highest BCUT2D eigenvalue weighted by Crippen LogP contribution is 2.14. The molecule has 2 heterocycles. The average molecular weight is 271 g/mol. The summed E-state index contributed by atoms with van der Waals surface area (Å²) in [5, 5.41) is 1.22. The summed E-state index contributed by atoms with van der Waals surface area (Å²) in [6.45, 7) is 8.62. The average Bonchev–Trinajstić information content (AvgIpc) is 2.57. The van der Waals surface area contributed by atoms with Gasteiger partial charge >= 0.3 is 0 Å². The van der Waals surface area contributed by atoms with Gasteiger partial charge in [-0.3, -0.25) is 4.79 Å². The number of aromatic nitrogens is 1. The fraction of sp³-hybridized carbons (Fsp3) is 0.667. The van der Waals surface area contributed by atoms with Crippen molar-refractivity contribution in [2.45, 2.75) is 27.3 Å². The molecule has 2 rings (SSSR count). The van der Waals surface area contributed by atoms with Crippen LogP contribution in [0.2, 0.25) is 0 Å². The number of rotatable bonds is 2. The number of amides is 1. The number of nitrogens with zero attached hydrogens (tertiary/aromatic N) is 2. The SMILES string of the molecule is Cc1sc(C)[n+](CC(=O)N2CCSCC2)c1C. The first-order valence-corrected chi connectivity index (χ1v) is 7.88. The third-order valence-electron chi connectivity index (χ3n) is 3.25. The zero-order chi connectivity index (χ0) is 12.4. The molecule has 1 fully saturated rings. The molecule has 0 bridgehead atoms. The van der Waals surface area contributed by atoms with Gasteiger partial charge in [-0.25, -0.2) is 0 Å². The van der Waals surface area contributed by atoms with Gasteiger partial charge < -0.3 is 4.90 Å². The van der Waals surface area contributed by atoms with Crippen LogP contribution in [0.15, 0.2) is 0 Å². The molecule has 94 valence electrons. The number of aryl methyl sites for hydroxylation is 2. The van der Waals surface area contributed by atoms with Gasteiger partial charge in [0.15, 0.2) is 5.69 Å². The van der Waals surface area contributed by atoms with Gasteiger partial charge in [0.1, 0.15) is 0 Å². The summed E-state index contributed by atoms with van der Waals surface area (Å²) in [5.41, 5.74) is 1.23. The van der Waals surface area contributed by atoms with Crippen LogP contribution in [0.1, 0.15) is 15.6 Å². The molecule has 1 amide bonds. The summed E-state index contributed by atoms with van der Waals surface area (Å²) in [6, 6.07) is 0. The van der Waals surface area contributed by atoms with Gasteiger partial charge in [-0.05, 0) is 6.92 Å². The van der Waals surface area contributed by atoms with Gasteiger partial charge in [0, 0.05) is 38.4 Å². The fourth-order valence-corrected chi connectivity index (χ4v) is 3.97. The summed E-state index contributed by atoms with van der Waals surface area (Å²) in [5.74, 6) is 2.42. The summed E-state index contributed by atoms with van der Waals surface area (Å²) < 4.78 is 2.14. The van der Waals surface area contributed by atoms with E-state index in [0.717, 1.165) is 24.6 Å². The lowest BCUT2D eigenvalue weighted by molar-refractivity contribution is -0.692. The summed E-state index contributed by atoms with van der Waals surface area (Å²) >= 11 is 3.71. The minimum absolute atomic E-state index is 0.263. The molecule has 0 radical (unpaired) electrons. The highest BCUT2D eigenvalue weighted by atomic mass is 32.2. The third-order valence-corrected chi connectivity index (χ3v) is 5.31. The van der Waals surface area contributed by atoms with E-state index in [1.807, 2.05) is 16.7 Å². The highest BCUT2D eigenvalue weighted by Gasteiger charge is 2.25. The van der Waals surface area contributed by atoms with Gasteiger partial charge in [0.05, 0.1) is 4.88 Å². The second-order valence-corrected chi connectivity index (χ2v) is 6.97. The van der Waals surface area contributed by atoms with E-state index < -0.39 is 0 Å². The first kappa shape index (κ1) is 12.9. The van der Waals surface area contributed by atoms with Gasteiger partial charge in [-0.1, -0.05) is 11.3 Å². The lowest BCUT2D eigenvalue weighted by Crippen LogP contribution is -2.49. The first-order valence-electron chi connectivity index (χ1n) is 5.91. The molecule has 0 unspecified atom stereocenters. The van der Waals surface area contributed by atoms with Gasteiger partial charge in [0.25, 0.3) is 5.91 Å². The minimum atomic E-state index is 0.263. The van der Waals surface area contributed by atoms with Crippen LogP contribution in [0, 0.1) is 20.8 Å². The first-order chi connectivity index (χ1) is 8.09. The van der Waals surface area contributed by atoms with E-state index in [9.17, 15) is 4.79 Å². The maximum absolute atomic E-state index is 12.2. The molecule has 1 saturated heterocycles. The predicted octanol–water partition coefficient (Wildman–Crippen LogP) is 1.54. The van der Waals surface area contributed by atoms with Crippen molar-refractivity contribution in [2.24, 2.45) is 0 Å². The predicted molar refractivity (Wildman–Crippen MR) is 72.6 cm³/mol. The van der Waals surface area contributed by atoms with Crippen molar-refractivity contribution in [1.29, 1.82) is 0 Å². The molecule has 0 N–H and O–H groups in total. The molecule has 17 heavy (non-hydrogen) atoms. The molecule has 1 aliphatic rings. The van der Waals surface area contributed by atoms with Crippen LogP contribution in [0.3, 0.4) is 0 Å². The monoisotopic (exact) mass is 271 g/mol. The van der Waals surface area contributed by atoms with Gasteiger partial charge in [-0.2, -0.15) is 16.3 Å². The normalized spacial score (nSPS) is 16.3. The highest BCUT2D eigenvalue weighted by molar-refractivity contribution is 7.99. The Balaban J connectivity index is 2.07. The number of hydrogen-bond donors (Lipinski definition) is 0.